The molecular formula is C50H32N2O2. The summed E-state index contributed by atoms with van der Waals surface area (Å²) in [4.78, 5) is 4.58. The zero-order chi connectivity index (χ0) is 35.6. The van der Waals surface area contributed by atoms with Crippen molar-refractivity contribution >= 4 is 99.5 Å². The van der Waals surface area contributed by atoms with Crippen LogP contribution in [0, 0.1) is 0 Å². The van der Waals surface area contributed by atoms with E-state index >= 15 is 0 Å². The smallest absolute Gasteiger partial charge is 0.143 e. The second-order valence-electron chi connectivity index (χ2n) is 13.7. The van der Waals surface area contributed by atoms with Crippen LogP contribution in [0.4, 0.5) is 34.1 Å². The molecule has 0 aliphatic heterocycles. The van der Waals surface area contributed by atoms with Crippen molar-refractivity contribution in [3.8, 4) is 0 Å². The molecule has 2 heterocycles. The molecule has 0 bridgehead atoms. The van der Waals surface area contributed by atoms with Crippen LogP contribution < -0.4 is 9.80 Å². The lowest BCUT2D eigenvalue weighted by Gasteiger charge is -2.25. The van der Waals surface area contributed by atoms with Crippen LogP contribution in [0.2, 0.25) is 0 Å². The van der Waals surface area contributed by atoms with Crippen molar-refractivity contribution in [3.05, 3.63) is 194 Å². The molecular weight excluding hydrogens is 661 g/mol. The number of para-hydroxylation sites is 4. The Bertz CT molecular complexity index is 2860. The minimum atomic E-state index is 0.851. The van der Waals surface area contributed by atoms with E-state index in [9.17, 15) is 0 Å². The molecule has 0 aliphatic rings. The van der Waals surface area contributed by atoms with Gasteiger partial charge < -0.3 is 18.6 Å². The highest BCUT2D eigenvalue weighted by molar-refractivity contribution is 6.30. The Morgan fingerprint density at radius 2 is 0.611 bits per heavy atom. The van der Waals surface area contributed by atoms with Crippen LogP contribution in [0.3, 0.4) is 0 Å². The molecule has 0 aliphatic carbocycles. The Morgan fingerprint density at radius 3 is 0.963 bits per heavy atom. The van der Waals surface area contributed by atoms with Gasteiger partial charge in [-0.05, 0) is 120 Å². The lowest BCUT2D eigenvalue weighted by Crippen LogP contribution is -2.09. The molecule has 0 spiro atoms. The van der Waals surface area contributed by atoms with Crippen molar-refractivity contribution in [2.45, 2.75) is 0 Å². The first kappa shape index (κ1) is 30.3. The van der Waals surface area contributed by atoms with E-state index in [4.69, 9.17) is 8.83 Å². The number of hydrogen-bond acceptors (Lipinski definition) is 4. The van der Waals surface area contributed by atoms with Gasteiger partial charge in [-0.3, -0.25) is 0 Å². The lowest BCUT2D eigenvalue weighted by atomic mass is 10.0. The van der Waals surface area contributed by atoms with Crippen molar-refractivity contribution in [3.63, 3.8) is 0 Å². The summed E-state index contributed by atoms with van der Waals surface area (Å²) in [5.74, 6) is 0. The summed E-state index contributed by atoms with van der Waals surface area (Å²) in [5.41, 5.74) is 10.1. The van der Waals surface area contributed by atoms with E-state index in [-0.39, 0.29) is 0 Å². The van der Waals surface area contributed by atoms with Crippen LogP contribution in [0.5, 0.6) is 0 Å². The molecule has 11 aromatic rings. The predicted octanol–water partition coefficient (Wildman–Crippen LogP) is 14.7. The number of anilines is 6. The zero-order valence-corrected chi connectivity index (χ0v) is 29.2. The molecule has 2 aromatic heterocycles. The van der Waals surface area contributed by atoms with E-state index in [1.54, 1.807) is 0 Å². The molecule has 4 nitrogen and oxygen atoms in total. The molecule has 0 saturated carbocycles. The molecule has 0 N–H and O–H groups in total. The molecule has 0 saturated heterocycles. The van der Waals surface area contributed by atoms with Crippen LogP contribution in [-0.4, -0.2) is 0 Å². The van der Waals surface area contributed by atoms with Crippen LogP contribution in [-0.2, 0) is 0 Å². The van der Waals surface area contributed by atoms with E-state index in [1.807, 2.05) is 12.1 Å². The molecule has 0 radical (unpaired) electrons. The van der Waals surface area contributed by atoms with E-state index in [1.165, 1.54) is 0 Å². The number of nitrogens with zero attached hydrogens (tertiary/aromatic N) is 2. The maximum Gasteiger partial charge on any atom is 0.143 e. The number of benzene rings is 9. The van der Waals surface area contributed by atoms with Gasteiger partial charge in [-0.1, -0.05) is 84.9 Å². The number of rotatable bonds is 6. The van der Waals surface area contributed by atoms with Crippen molar-refractivity contribution in [1.29, 1.82) is 0 Å². The maximum atomic E-state index is 6.71. The van der Waals surface area contributed by atoms with Crippen LogP contribution >= 0.6 is 0 Å². The Balaban J connectivity index is 1.06. The molecule has 0 unspecified atom stereocenters. The Kier molecular flexibility index (Phi) is 6.82. The minimum Gasteiger partial charge on any atom is -0.455 e. The van der Waals surface area contributed by atoms with Crippen molar-refractivity contribution in [2.75, 3.05) is 9.80 Å². The third kappa shape index (κ3) is 4.78. The highest BCUT2D eigenvalue weighted by Gasteiger charge is 2.21. The Morgan fingerprint density at radius 1 is 0.278 bits per heavy atom. The predicted molar refractivity (Wildman–Crippen MR) is 225 cm³/mol. The summed E-state index contributed by atoms with van der Waals surface area (Å²) in [6.45, 7) is 0. The standard InChI is InChI=1S/C50H32N2O2/c1-5-13-35(14-6-1)51(36-15-7-2-8-16-36)39-23-27-41-33(31-39)21-25-43-47-45(53-49(41)43)29-30-46-48(47)44-26-22-34-32-40(24-28-42(34)50(44)54-46)52(37-17-9-3-10-18-37)38-19-11-4-12-20-38/h1-32H. The van der Waals surface area contributed by atoms with Gasteiger partial charge in [-0.15, -0.1) is 0 Å². The average molecular weight is 693 g/mol. The number of furan rings is 2. The fourth-order valence-electron chi connectivity index (χ4n) is 8.16. The Labute approximate surface area is 311 Å². The van der Waals surface area contributed by atoms with Crippen molar-refractivity contribution < 1.29 is 8.83 Å². The molecule has 54 heavy (non-hydrogen) atoms. The van der Waals surface area contributed by atoms with Gasteiger partial charge in [0.05, 0.1) is 0 Å². The first-order valence-corrected chi connectivity index (χ1v) is 18.3. The second kappa shape index (κ2) is 12.1. The second-order valence-corrected chi connectivity index (χ2v) is 13.7. The fourth-order valence-corrected chi connectivity index (χ4v) is 8.16. The largest absolute Gasteiger partial charge is 0.455 e. The summed E-state index contributed by atoms with van der Waals surface area (Å²) in [5, 5.41) is 8.71. The van der Waals surface area contributed by atoms with Gasteiger partial charge in [0.15, 0.2) is 0 Å². The molecule has 0 amide bonds. The molecule has 9 aromatic carbocycles. The lowest BCUT2D eigenvalue weighted by molar-refractivity contribution is 0.666. The molecule has 0 atom stereocenters. The van der Waals surface area contributed by atoms with Gasteiger partial charge in [0, 0.05) is 66.4 Å². The van der Waals surface area contributed by atoms with Crippen LogP contribution in [0.25, 0.3) is 65.4 Å². The fraction of sp³-hybridized carbons (Fsp3) is 0. The topological polar surface area (TPSA) is 32.8 Å². The summed E-state index contributed by atoms with van der Waals surface area (Å²) >= 11 is 0. The van der Waals surface area contributed by atoms with E-state index < -0.39 is 0 Å². The molecule has 4 heteroatoms. The quantitative estimate of drug-likeness (QED) is 0.174. The van der Waals surface area contributed by atoms with Gasteiger partial charge in [0.1, 0.15) is 22.3 Å². The highest BCUT2D eigenvalue weighted by Crippen LogP contribution is 2.45. The van der Waals surface area contributed by atoms with Gasteiger partial charge in [-0.2, -0.15) is 0 Å². The maximum absolute atomic E-state index is 6.71. The first-order valence-electron chi connectivity index (χ1n) is 18.3. The zero-order valence-electron chi connectivity index (χ0n) is 29.2. The summed E-state index contributed by atoms with van der Waals surface area (Å²) in [6.07, 6.45) is 0. The summed E-state index contributed by atoms with van der Waals surface area (Å²) in [6, 6.07) is 68.2. The molecule has 0 fully saturated rings. The third-order valence-electron chi connectivity index (χ3n) is 10.6. The Hall–Kier alpha value is -7.30. The van der Waals surface area contributed by atoms with Crippen molar-refractivity contribution in [2.24, 2.45) is 0 Å². The molecule has 254 valence electrons. The number of hydrogen-bond donors (Lipinski definition) is 0. The molecule has 11 rings (SSSR count). The number of fused-ring (bicyclic) bond motifs is 11. The van der Waals surface area contributed by atoms with Gasteiger partial charge in [0.2, 0.25) is 0 Å². The summed E-state index contributed by atoms with van der Waals surface area (Å²) in [7, 11) is 0. The third-order valence-corrected chi connectivity index (χ3v) is 10.6. The van der Waals surface area contributed by atoms with Gasteiger partial charge in [-0.25, -0.2) is 0 Å². The highest BCUT2D eigenvalue weighted by atomic mass is 16.3. The monoisotopic (exact) mass is 692 g/mol. The SMILES string of the molecule is c1ccc(N(c2ccccc2)c2ccc3c(ccc4c3oc3ccc5oc6c7ccc(N(c8ccccc8)c8ccccc8)cc7ccc6c5c34)c2)cc1. The van der Waals surface area contributed by atoms with Crippen LogP contribution in [0.1, 0.15) is 0 Å². The van der Waals surface area contributed by atoms with E-state index in [2.05, 4.69) is 192 Å². The van der Waals surface area contributed by atoms with Crippen molar-refractivity contribution in [1.82, 2.24) is 0 Å². The summed E-state index contributed by atoms with van der Waals surface area (Å²) < 4.78 is 13.4. The first-order chi connectivity index (χ1) is 26.8. The minimum absolute atomic E-state index is 0.851. The average Bonchev–Trinajstić information content (AvgIpc) is 3.81. The van der Waals surface area contributed by atoms with Gasteiger partial charge >= 0.3 is 0 Å². The van der Waals surface area contributed by atoms with Gasteiger partial charge in [0.25, 0.3) is 0 Å². The normalized spacial score (nSPS) is 11.7. The van der Waals surface area contributed by atoms with Crippen LogP contribution in [0.15, 0.2) is 203 Å². The van der Waals surface area contributed by atoms with E-state index in [0.29, 0.717) is 0 Å². The van der Waals surface area contributed by atoms with E-state index in [0.717, 1.165) is 99.5 Å².